The Labute approximate surface area is 200 Å². The predicted molar refractivity (Wildman–Crippen MR) is 129 cm³/mol. The first-order valence-corrected chi connectivity index (χ1v) is 10.8. The lowest BCUT2D eigenvalue weighted by Gasteiger charge is -2.20. The van der Waals surface area contributed by atoms with Gasteiger partial charge in [-0.25, -0.2) is 14.4 Å². The summed E-state index contributed by atoms with van der Waals surface area (Å²) in [7, 11) is 1.51. The van der Waals surface area contributed by atoms with Crippen LogP contribution < -0.4 is 14.8 Å². The highest BCUT2D eigenvalue weighted by Gasteiger charge is 2.20. The SMILES string of the molecule is COc1ccc2ncnc(Nc3ccc([N+](=O)[O-])cc3F)c2c1OC(C)COCc1ccccc1. The lowest BCUT2D eigenvalue weighted by Crippen LogP contribution is -2.20. The number of nitrogens with one attached hydrogen (secondary N) is 1. The van der Waals surface area contributed by atoms with Crippen LogP contribution in [0.2, 0.25) is 0 Å². The molecule has 9 nitrogen and oxygen atoms in total. The van der Waals surface area contributed by atoms with Crippen molar-refractivity contribution < 1.29 is 23.5 Å². The molecule has 0 aliphatic carbocycles. The summed E-state index contributed by atoms with van der Waals surface area (Å²) in [5.41, 5.74) is 1.25. The first-order valence-electron chi connectivity index (χ1n) is 10.8. The van der Waals surface area contributed by atoms with Gasteiger partial charge in [-0.15, -0.1) is 0 Å². The average molecular weight is 478 g/mol. The number of non-ortho nitro benzene ring substituents is 1. The largest absolute Gasteiger partial charge is 0.493 e. The molecular formula is C25H23FN4O5. The fourth-order valence-electron chi connectivity index (χ4n) is 3.47. The van der Waals surface area contributed by atoms with E-state index in [1.165, 1.54) is 25.6 Å². The van der Waals surface area contributed by atoms with Gasteiger partial charge < -0.3 is 19.5 Å². The lowest BCUT2D eigenvalue weighted by molar-refractivity contribution is -0.385. The molecule has 1 unspecified atom stereocenters. The second-order valence-corrected chi connectivity index (χ2v) is 7.69. The van der Waals surface area contributed by atoms with Crippen molar-refractivity contribution in [3.05, 3.63) is 88.5 Å². The Kier molecular flexibility index (Phi) is 7.32. The Morgan fingerprint density at radius 3 is 2.63 bits per heavy atom. The number of nitro benzene ring substituents is 1. The van der Waals surface area contributed by atoms with Crippen molar-refractivity contribution in [3.63, 3.8) is 0 Å². The summed E-state index contributed by atoms with van der Waals surface area (Å²) in [6, 6.07) is 16.6. The summed E-state index contributed by atoms with van der Waals surface area (Å²) in [6.45, 7) is 2.61. The van der Waals surface area contributed by atoms with Crippen LogP contribution >= 0.6 is 0 Å². The molecule has 0 saturated heterocycles. The summed E-state index contributed by atoms with van der Waals surface area (Å²) >= 11 is 0. The van der Waals surface area contributed by atoms with E-state index in [1.54, 1.807) is 12.1 Å². The molecule has 3 aromatic carbocycles. The van der Waals surface area contributed by atoms with Crippen LogP contribution in [0.3, 0.4) is 0 Å². The van der Waals surface area contributed by atoms with Gasteiger partial charge in [-0.1, -0.05) is 30.3 Å². The molecular weight excluding hydrogens is 455 g/mol. The number of aromatic nitrogens is 2. The molecule has 0 saturated carbocycles. The van der Waals surface area contributed by atoms with Gasteiger partial charge in [-0.05, 0) is 30.7 Å². The minimum absolute atomic E-state index is 0.0172. The van der Waals surface area contributed by atoms with Crippen molar-refractivity contribution in [3.8, 4) is 11.5 Å². The van der Waals surface area contributed by atoms with Crippen LogP contribution in [0.1, 0.15) is 12.5 Å². The van der Waals surface area contributed by atoms with Crippen molar-refractivity contribution >= 4 is 28.1 Å². The number of anilines is 2. The van der Waals surface area contributed by atoms with Crippen molar-refractivity contribution in [2.24, 2.45) is 0 Å². The number of fused-ring (bicyclic) bond motifs is 1. The normalized spacial score (nSPS) is 11.7. The van der Waals surface area contributed by atoms with E-state index in [0.717, 1.165) is 11.6 Å². The molecule has 180 valence electrons. The third-order valence-electron chi connectivity index (χ3n) is 5.14. The Morgan fingerprint density at radius 2 is 1.91 bits per heavy atom. The molecule has 1 aromatic heterocycles. The molecule has 1 atom stereocenters. The van der Waals surface area contributed by atoms with Crippen LogP contribution in [0.25, 0.3) is 10.9 Å². The maximum absolute atomic E-state index is 14.5. The molecule has 0 spiro atoms. The molecule has 0 fully saturated rings. The van der Waals surface area contributed by atoms with E-state index in [4.69, 9.17) is 14.2 Å². The second-order valence-electron chi connectivity index (χ2n) is 7.69. The van der Waals surface area contributed by atoms with Crippen LogP contribution in [0.4, 0.5) is 21.6 Å². The zero-order chi connectivity index (χ0) is 24.8. The van der Waals surface area contributed by atoms with Gasteiger partial charge in [-0.2, -0.15) is 0 Å². The first-order chi connectivity index (χ1) is 17.0. The topological polar surface area (TPSA) is 109 Å². The van der Waals surface area contributed by atoms with Crippen molar-refractivity contribution in [2.45, 2.75) is 19.6 Å². The third kappa shape index (κ3) is 5.61. The lowest BCUT2D eigenvalue weighted by atomic mass is 10.1. The van der Waals surface area contributed by atoms with Gasteiger partial charge in [-0.3, -0.25) is 10.1 Å². The molecule has 4 rings (SSSR count). The van der Waals surface area contributed by atoms with E-state index in [0.29, 0.717) is 35.6 Å². The van der Waals surface area contributed by atoms with Gasteiger partial charge in [0.1, 0.15) is 18.2 Å². The van der Waals surface area contributed by atoms with Gasteiger partial charge in [0.2, 0.25) is 0 Å². The van der Waals surface area contributed by atoms with Crippen LogP contribution in [0.5, 0.6) is 11.5 Å². The Bertz CT molecular complexity index is 1340. The van der Waals surface area contributed by atoms with E-state index in [9.17, 15) is 14.5 Å². The first kappa shape index (κ1) is 23.8. The van der Waals surface area contributed by atoms with Crippen LogP contribution in [0.15, 0.2) is 67.0 Å². The predicted octanol–water partition coefficient (Wildman–Crippen LogP) is 5.41. The summed E-state index contributed by atoms with van der Waals surface area (Å²) < 4.78 is 32.0. The number of hydrogen-bond donors (Lipinski definition) is 1. The van der Waals surface area contributed by atoms with Gasteiger partial charge in [0.25, 0.3) is 5.69 Å². The standard InChI is InChI=1S/C25H23FN4O5/c1-16(13-34-14-17-6-4-3-5-7-17)35-24-22(33-2)11-10-21-23(24)25(28-15-27-21)29-20-9-8-18(30(31)32)12-19(20)26/h3-12,15-16H,13-14H2,1-2H3,(H,27,28,29). The number of ether oxygens (including phenoxy) is 3. The van der Waals surface area contributed by atoms with E-state index < -0.39 is 10.7 Å². The minimum atomic E-state index is -0.793. The summed E-state index contributed by atoms with van der Waals surface area (Å²) in [5.74, 6) is 0.272. The highest BCUT2D eigenvalue weighted by Crippen LogP contribution is 2.40. The Morgan fingerprint density at radius 1 is 1.11 bits per heavy atom. The number of hydrogen-bond acceptors (Lipinski definition) is 8. The number of benzene rings is 3. The zero-order valence-electron chi connectivity index (χ0n) is 19.1. The Balaban J connectivity index is 1.61. The summed E-state index contributed by atoms with van der Waals surface area (Å²) in [6.07, 6.45) is 0.971. The maximum atomic E-state index is 14.5. The molecule has 10 heteroatoms. The molecule has 0 amide bonds. The summed E-state index contributed by atoms with van der Waals surface area (Å²) in [5, 5.41) is 14.3. The average Bonchev–Trinajstić information content (AvgIpc) is 2.86. The van der Waals surface area contributed by atoms with E-state index in [2.05, 4.69) is 15.3 Å². The molecule has 0 aliphatic heterocycles. The molecule has 1 heterocycles. The molecule has 0 bridgehead atoms. The fourth-order valence-corrected chi connectivity index (χ4v) is 3.47. The van der Waals surface area contributed by atoms with E-state index >= 15 is 0 Å². The van der Waals surface area contributed by atoms with Crippen LogP contribution in [-0.4, -0.2) is 34.7 Å². The molecule has 0 radical (unpaired) electrons. The van der Waals surface area contributed by atoms with Gasteiger partial charge in [0.15, 0.2) is 17.3 Å². The monoisotopic (exact) mass is 478 g/mol. The number of methoxy groups -OCH3 is 1. The van der Waals surface area contributed by atoms with Gasteiger partial charge in [0, 0.05) is 6.07 Å². The van der Waals surface area contributed by atoms with E-state index in [-0.39, 0.29) is 23.3 Å². The molecule has 1 N–H and O–H groups in total. The maximum Gasteiger partial charge on any atom is 0.272 e. The van der Waals surface area contributed by atoms with Crippen molar-refractivity contribution in [1.29, 1.82) is 0 Å². The number of nitrogens with zero attached hydrogens (tertiary/aromatic N) is 3. The highest BCUT2D eigenvalue weighted by atomic mass is 19.1. The number of rotatable bonds is 10. The smallest absolute Gasteiger partial charge is 0.272 e. The second kappa shape index (κ2) is 10.7. The van der Waals surface area contributed by atoms with Crippen molar-refractivity contribution in [2.75, 3.05) is 19.0 Å². The Hall–Kier alpha value is -4.31. The van der Waals surface area contributed by atoms with Crippen molar-refractivity contribution in [1.82, 2.24) is 9.97 Å². The van der Waals surface area contributed by atoms with E-state index in [1.807, 2.05) is 37.3 Å². The highest BCUT2D eigenvalue weighted by molar-refractivity contribution is 5.97. The number of nitro groups is 1. The number of halogens is 1. The fraction of sp³-hybridized carbons (Fsp3) is 0.200. The van der Waals surface area contributed by atoms with Gasteiger partial charge >= 0.3 is 0 Å². The van der Waals surface area contributed by atoms with Crippen LogP contribution in [-0.2, 0) is 11.3 Å². The molecule has 35 heavy (non-hydrogen) atoms. The zero-order valence-corrected chi connectivity index (χ0v) is 19.1. The molecule has 4 aromatic rings. The minimum Gasteiger partial charge on any atom is -0.493 e. The molecule has 0 aliphatic rings. The summed E-state index contributed by atoms with van der Waals surface area (Å²) in [4.78, 5) is 18.8. The van der Waals surface area contributed by atoms with Crippen LogP contribution in [0, 0.1) is 15.9 Å². The quantitative estimate of drug-likeness (QED) is 0.238. The third-order valence-corrected chi connectivity index (χ3v) is 5.14. The van der Waals surface area contributed by atoms with Gasteiger partial charge in [0.05, 0.1) is 47.9 Å².